The van der Waals surface area contributed by atoms with E-state index >= 15 is 0 Å². The van der Waals surface area contributed by atoms with Crippen molar-refractivity contribution in [2.45, 2.75) is 4.90 Å². The molecule has 0 aliphatic carbocycles. The standard InChI is InChI=1S/C16H13N3S/c1-19-13-8-4-2-6-11(13)17-15(19)10-16-18-12-7-3-5-9-14(12)20-16/h2-10,18H,1H3/b16-10-. The molecule has 0 saturated heterocycles. The van der Waals surface area contributed by atoms with Crippen LogP contribution in [0.3, 0.4) is 0 Å². The van der Waals surface area contributed by atoms with Gasteiger partial charge in [0.15, 0.2) is 0 Å². The summed E-state index contributed by atoms with van der Waals surface area (Å²) in [6.07, 6.45) is 2.10. The minimum atomic E-state index is 0.967. The van der Waals surface area contributed by atoms with Gasteiger partial charge in [0, 0.05) is 18.0 Å². The molecule has 3 nitrogen and oxygen atoms in total. The Labute approximate surface area is 121 Å². The van der Waals surface area contributed by atoms with Crippen LogP contribution in [0.4, 0.5) is 5.69 Å². The van der Waals surface area contributed by atoms with E-state index in [2.05, 4.69) is 52.3 Å². The molecule has 0 saturated carbocycles. The molecule has 1 N–H and O–H groups in total. The first kappa shape index (κ1) is 11.6. The Morgan fingerprint density at radius 3 is 2.75 bits per heavy atom. The molecule has 1 aliphatic heterocycles. The van der Waals surface area contributed by atoms with E-state index in [9.17, 15) is 0 Å². The number of hydrogen-bond donors (Lipinski definition) is 1. The van der Waals surface area contributed by atoms with Gasteiger partial charge in [0.25, 0.3) is 0 Å². The third kappa shape index (κ3) is 1.80. The number of anilines is 1. The molecule has 0 atom stereocenters. The maximum absolute atomic E-state index is 4.67. The van der Waals surface area contributed by atoms with Crippen molar-refractivity contribution in [2.75, 3.05) is 5.32 Å². The molecule has 2 heterocycles. The molecule has 4 heteroatoms. The van der Waals surface area contributed by atoms with Crippen molar-refractivity contribution >= 4 is 34.6 Å². The zero-order valence-corrected chi connectivity index (χ0v) is 11.8. The highest BCUT2D eigenvalue weighted by Gasteiger charge is 2.15. The number of imidazole rings is 1. The van der Waals surface area contributed by atoms with E-state index in [1.165, 1.54) is 10.6 Å². The van der Waals surface area contributed by atoms with Gasteiger partial charge in [0.2, 0.25) is 0 Å². The first-order valence-corrected chi connectivity index (χ1v) is 7.30. The lowest BCUT2D eigenvalue weighted by molar-refractivity contribution is 0.929. The van der Waals surface area contributed by atoms with Gasteiger partial charge in [-0.1, -0.05) is 36.0 Å². The molecule has 1 aliphatic rings. The zero-order valence-electron chi connectivity index (χ0n) is 11.0. The Morgan fingerprint density at radius 1 is 1.10 bits per heavy atom. The van der Waals surface area contributed by atoms with Crippen LogP contribution in [0.1, 0.15) is 5.82 Å². The van der Waals surface area contributed by atoms with Crippen molar-refractivity contribution in [1.29, 1.82) is 0 Å². The van der Waals surface area contributed by atoms with Crippen molar-refractivity contribution in [1.82, 2.24) is 9.55 Å². The molecule has 0 unspecified atom stereocenters. The Kier molecular flexibility index (Phi) is 2.57. The Morgan fingerprint density at radius 2 is 1.90 bits per heavy atom. The summed E-state index contributed by atoms with van der Waals surface area (Å²) in [6, 6.07) is 16.5. The highest BCUT2D eigenvalue weighted by atomic mass is 32.2. The third-order valence-corrected chi connectivity index (χ3v) is 4.46. The summed E-state index contributed by atoms with van der Waals surface area (Å²) in [7, 11) is 2.05. The van der Waals surface area contributed by atoms with Gasteiger partial charge in [0.05, 0.1) is 21.7 Å². The number of hydrogen-bond acceptors (Lipinski definition) is 3. The summed E-state index contributed by atoms with van der Waals surface area (Å²) in [5.41, 5.74) is 3.35. The van der Waals surface area contributed by atoms with E-state index < -0.39 is 0 Å². The van der Waals surface area contributed by atoms with Gasteiger partial charge in [-0.15, -0.1) is 0 Å². The van der Waals surface area contributed by atoms with E-state index in [4.69, 9.17) is 0 Å². The van der Waals surface area contributed by atoms with Crippen molar-refractivity contribution in [3.63, 3.8) is 0 Å². The van der Waals surface area contributed by atoms with Gasteiger partial charge < -0.3 is 9.88 Å². The minimum Gasteiger partial charge on any atom is -0.349 e. The van der Waals surface area contributed by atoms with Gasteiger partial charge >= 0.3 is 0 Å². The van der Waals surface area contributed by atoms with E-state index in [1.54, 1.807) is 11.8 Å². The lowest BCUT2D eigenvalue weighted by Crippen LogP contribution is -1.94. The predicted octanol–water partition coefficient (Wildman–Crippen LogP) is 4.09. The molecular formula is C16H13N3S. The Balaban J connectivity index is 1.75. The highest BCUT2D eigenvalue weighted by molar-refractivity contribution is 8.03. The number of para-hydroxylation sites is 3. The number of aromatic nitrogens is 2. The summed E-state index contributed by atoms with van der Waals surface area (Å²) in [5.74, 6) is 0.967. The summed E-state index contributed by atoms with van der Waals surface area (Å²) < 4.78 is 2.12. The second-order valence-corrected chi connectivity index (χ2v) is 5.83. The summed E-state index contributed by atoms with van der Waals surface area (Å²) >= 11 is 1.75. The quantitative estimate of drug-likeness (QED) is 0.727. The number of rotatable bonds is 1. The van der Waals surface area contributed by atoms with Gasteiger partial charge in [-0.25, -0.2) is 4.98 Å². The molecule has 0 fully saturated rings. The van der Waals surface area contributed by atoms with E-state index in [1.807, 2.05) is 24.3 Å². The number of fused-ring (bicyclic) bond motifs is 2. The van der Waals surface area contributed by atoms with Crippen LogP contribution in [0.15, 0.2) is 58.5 Å². The van der Waals surface area contributed by atoms with Crippen LogP contribution in [-0.2, 0) is 7.05 Å². The lowest BCUT2D eigenvalue weighted by atomic mass is 10.3. The van der Waals surface area contributed by atoms with Crippen molar-refractivity contribution in [2.24, 2.45) is 7.05 Å². The molecule has 2 aromatic carbocycles. The van der Waals surface area contributed by atoms with Crippen LogP contribution in [0.2, 0.25) is 0 Å². The highest BCUT2D eigenvalue weighted by Crippen LogP contribution is 2.41. The zero-order chi connectivity index (χ0) is 13.5. The van der Waals surface area contributed by atoms with Gasteiger partial charge in [-0.2, -0.15) is 0 Å². The number of nitrogens with zero attached hydrogens (tertiary/aromatic N) is 2. The molecule has 4 rings (SSSR count). The first-order chi connectivity index (χ1) is 9.81. The van der Waals surface area contributed by atoms with Crippen LogP contribution >= 0.6 is 11.8 Å². The molecule has 0 bridgehead atoms. The average Bonchev–Trinajstić information content (AvgIpc) is 3.01. The van der Waals surface area contributed by atoms with Crippen molar-refractivity contribution < 1.29 is 0 Å². The van der Waals surface area contributed by atoms with Crippen LogP contribution in [0.5, 0.6) is 0 Å². The normalized spacial score (nSPS) is 15.6. The van der Waals surface area contributed by atoms with Crippen LogP contribution < -0.4 is 5.32 Å². The minimum absolute atomic E-state index is 0.967. The van der Waals surface area contributed by atoms with Crippen LogP contribution in [0, 0.1) is 0 Å². The second-order valence-electron chi connectivity index (χ2n) is 4.75. The fraction of sp³-hybridized carbons (Fsp3) is 0.0625. The fourth-order valence-corrected chi connectivity index (χ4v) is 3.35. The van der Waals surface area contributed by atoms with Crippen molar-refractivity contribution in [3.8, 4) is 0 Å². The van der Waals surface area contributed by atoms with Gasteiger partial charge in [-0.3, -0.25) is 0 Å². The first-order valence-electron chi connectivity index (χ1n) is 6.48. The van der Waals surface area contributed by atoms with E-state index in [0.717, 1.165) is 21.9 Å². The molecule has 3 aromatic rings. The maximum Gasteiger partial charge on any atom is 0.136 e. The fourth-order valence-electron chi connectivity index (χ4n) is 2.41. The maximum atomic E-state index is 4.67. The largest absolute Gasteiger partial charge is 0.349 e. The number of aryl methyl sites for hydroxylation is 1. The van der Waals surface area contributed by atoms with Crippen LogP contribution in [-0.4, -0.2) is 9.55 Å². The van der Waals surface area contributed by atoms with E-state index in [-0.39, 0.29) is 0 Å². The summed E-state index contributed by atoms with van der Waals surface area (Å²) in [4.78, 5) is 5.93. The lowest BCUT2D eigenvalue weighted by Gasteiger charge is -2.00. The number of benzene rings is 2. The smallest absolute Gasteiger partial charge is 0.136 e. The number of nitrogens with one attached hydrogen (secondary N) is 1. The van der Waals surface area contributed by atoms with Gasteiger partial charge in [-0.05, 0) is 24.3 Å². The van der Waals surface area contributed by atoms with Crippen LogP contribution in [0.25, 0.3) is 17.1 Å². The molecule has 0 spiro atoms. The van der Waals surface area contributed by atoms with Gasteiger partial charge in [0.1, 0.15) is 5.82 Å². The predicted molar refractivity (Wildman–Crippen MR) is 84.6 cm³/mol. The monoisotopic (exact) mass is 279 g/mol. The molecule has 1 aromatic heterocycles. The summed E-state index contributed by atoms with van der Waals surface area (Å²) in [5, 5.41) is 4.54. The molecule has 20 heavy (non-hydrogen) atoms. The summed E-state index contributed by atoms with van der Waals surface area (Å²) in [6.45, 7) is 0. The molecule has 98 valence electrons. The second kappa shape index (κ2) is 4.42. The topological polar surface area (TPSA) is 29.9 Å². The molecular weight excluding hydrogens is 266 g/mol. The van der Waals surface area contributed by atoms with E-state index in [0.29, 0.717) is 0 Å². The SMILES string of the molecule is Cn1c(/C=C2/Nc3ccccc3S2)nc2ccccc21. The number of thioether (sulfide) groups is 1. The average molecular weight is 279 g/mol. The Hall–Kier alpha value is -2.20. The third-order valence-electron chi connectivity index (χ3n) is 3.45. The molecule has 0 radical (unpaired) electrons. The molecule has 0 amide bonds. The Bertz CT molecular complexity index is 806. The van der Waals surface area contributed by atoms with Crippen molar-refractivity contribution in [3.05, 3.63) is 59.4 Å².